The van der Waals surface area contributed by atoms with Crippen LogP contribution in [0.1, 0.15) is 34.6 Å². The number of pyridine rings is 1. The normalized spacial score (nSPS) is 11.0. The lowest BCUT2D eigenvalue weighted by Gasteiger charge is -2.14. The van der Waals surface area contributed by atoms with Gasteiger partial charge in [-0.2, -0.15) is 13.2 Å². The number of benzene rings is 1. The van der Waals surface area contributed by atoms with Gasteiger partial charge in [0.1, 0.15) is 0 Å². The molecule has 1 aromatic heterocycles. The van der Waals surface area contributed by atoms with Crippen LogP contribution >= 0.6 is 0 Å². The number of hydrogen-bond donors (Lipinski definition) is 2. The van der Waals surface area contributed by atoms with Crippen molar-refractivity contribution in [3.8, 4) is 17.4 Å². The maximum Gasteiger partial charge on any atom is 0.422 e. The van der Waals surface area contributed by atoms with Crippen molar-refractivity contribution in [2.45, 2.75) is 26.1 Å². The maximum atomic E-state index is 12.3. The van der Waals surface area contributed by atoms with Crippen molar-refractivity contribution in [3.63, 3.8) is 0 Å². The molecule has 2 aromatic rings. The molecule has 0 spiro atoms. The molecule has 30 heavy (non-hydrogen) atoms. The largest absolute Gasteiger partial charge is 0.493 e. The van der Waals surface area contributed by atoms with E-state index in [2.05, 4.69) is 20.6 Å². The third-order valence-electron chi connectivity index (χ3n) is 3.46. The zero-order valence-electron chi connectivity index (χ0n) is 16.4. The fourth-order valence-electron chi connectivity index (χ4n) is 2.17. The number of hydrogen-bond acceptors (Lipinski definition) is 6. The Morgan fingerprint density at radius 3 is 2.20 bits per heavy atom. The van der Waals surface area contributed by atoms with Gasteiger partial charge in [0.25, 0.3) is 11.8 Å². The number of hydrazine groups is 1. The number of halogens is 3. The Morgan fingerprint density at radius 2 is 1.67 bits per heavy atom. The van der Waals surface area contributed by atoms with Crippen LogP contribution in [0.25, 0.3) is 0 Å². The van der Waals surface area contributed by atoms with E-state index in [0.29, 0.717) is 11.5 Å². The van der Waals surface area contributed by atoms with Crippen LogP contribution in [0.5, 0.6) is 17.4 Å². The molecule has 162 valence electrons. The van der Waals surface area contributed by atoms with E-state index in [1.807, 2.05) is 13.8 Å². The van der Waals surface area contributed by atoms with E-state index < -0.39 is 24.6 Å². The summed E-state index contributed by atoms with van der Waals surface area (Å²) in [4.78, 5) is 27.9. The zero-order chi connectivity index (χ0) is 22.3. The quantitative estimate of drug-likeness (QED) is 0.660. The first-order valence-electron chi connectivity index (χ1n) is 8.70. The lowest BCUT2D eigenvalue weighted by molar-refractivity contribution is -0.154. The van der Waals surface area contributed by atoms with Gasteiger partial charge in [0.2, 0.25) is 5.88 Å². The molecule has 0 aliphatic carbocycles. The molecule has 8 nitrogen and oxygen atoms in total. The summed E-state index contributed by atoms with van der Waals surface area (Å²) in [5.74, 6) is -0.808. The first-order valence-corrected chi connectivity index (χ1v) is 8.70. The summed E-state index contributed by atoms with van der Waals surface area (Å²) < 4.78 is 51.6. The Kier molecular flexibility index (Phi) is 7.45. The second-order valence-electron chi connectivity index (χ2n) is 6.23. The number of carbonyl (C=O) groups is 2. The number of aromatic nitrogens is 1. The highest BCUT2D eigenvalue weighted by molar-refractivity contribution is 5.99. The third kappa shape index (κ3) is 6.83. The average Bonchev–Trinajstić information content (AvgIpc) is 2.70. The SMILES string of the molecule is COc1cc(C(=O)NNC(=O)c2ccc(OCC(F)(F)F)nc2)ccc1OC(C)C. The van der Waals surface area contributed by atoms with Crippen LogP contribution in [0, 0.1) is 0 Å². The molecular weight excluding hydrogens is 407 g/mol. The van der Waals surface area contributed by atoms with Crippen LogP contribution in [-0.4, -0.2) is 42.8 Å². The highest BCUT2D eigenvalue weighted by Gasteiger charge is 2.28. The van der Waals surface area contributed by atoms with Crippen molar-refractivity contribution in [3.05, 3.63) is 47.7 Å². The molecule has 0 atom stereocenters. The van der Waals surface area contributed by atoms with E-state index in [1.165, 1.54) is 25.3 Å². The summed E-state index contributed by atoms with van der Waals surface area (Å²) in [5, 5.41) is 0. The van der Waals surface area contributed by atoms with Gasteiger partial charge in [-0.1, -0.05) is 0 Å². The molecule has 1 heterocycles. The molecule has 0 radical (unpaired) electrons. The highest BCUT2D eigenvalue weighted by atomic mass is 19.4. The second-order valence-corrected chi connectivity index (χ2v) is 6.23. The maximum absolute atomic E-state index is 12.3. The summed E-state index contributed by atoms with van der Waals surface area (Å²) in [6, 6.07) is 6.84. The standard InChI is InChI=1S/C19H20F3N3O5/c1-11(2)30-14-6-4-12(8-15(14)28-3)17(26)24-25-18(27)13-5-7-16(23-9-13)29-10-19(20,21)22/h4-9,11H,10H2,1-3H3,(H,24,26)(H,25,27). The second kappa shape index (κ2) is 9.81. The van der Waals surface area contributed by atoms with Crippen LogP contribution in [0.4, 0.5) is 13.2 Å². The number of alkyl halides is 3. The topological polar surface area (TPSA) is 98.8 Å². The summed E-state index contributed by atoms with van der Waals surface area (Å²) >= 11 is 0. The van der Waals surface area contributed by atoms with Gasteiger partial charge in [0, 0.05) is 17.8 Å². The summed E-state index contributed by atoms with van der Waals surface area (Å²) in [5.41, 5.74) is 4.62. The molecule has 0 unspecified atom stereocenters. The van der Waals surface area contributed by atoms with Crippen molar-refractivity contribution < 1.29 is 37.0 Å². The summed E-state index contributed by atoms with van der Waals surface area (Å²) in [7, 11) is 1.43. The van der Waals surface area contributed by atoms with Crippen molar-refractivity contribution >= 4 is 11.8 Å². The van der Waals surface area contributed by atoms with E-state index in [9.17, 15) is 22.8 Å². The van der Waals surface area contributed by atoms with Crippen molar-refractivity contribution in [2.24, 2.45) is 0 Å². The van der Waals surface area contributed by atoms with Crippen molar-refractivity contribution in [1.29, 1.82) is 0 Å². The monoisotopic (exact) mass is 427 g/mol. The predicted molar refractivity (Wildman–Crippen MR) is 99.5 cm³/mol. The molecular formula is C19H20F3N3O5. The minimum atomic E-state index is -4.50. The fourth-order valence-corrected chi connectivity index (χ4v) is 2.17. The van der Waals surface area contributed by atoms with E-state index in [4.69, 9.17) is 9.47 Å². The van der Waals surface area contributed by atoms with E-state index >= 15 is 0 Å². The first-order chi connectivity index (χ1) is 14.1. The number of nitrogens with zero attached hydrogens (tertiary/aromatic N) is 1. The molecule has 0 fully saturated rings. The van der Waals surface area contributed by atoms with Gasteiger partial charge in [-0.3, -0.25) is 20.4 Å². The average molecular weight is 427 g/mol. The van der Waals surface area contributed by atoms with Crippen LogP contribution in [-0.2, 0) is 0 Å². The zero-order valence-corrected chi connectivity index (χ0v) is 16.4. The predicted octanol–water partition coefficient (Wildman–Crippen LogP) is 2.89. The van der Waals surface area contributed by atoms with E-state index in [0.717, 1.165) is 12.3 Å². The number of ether oxygens (including phenoxy) is 3. The molecule has 2 amide bonds. The van der Waals surface area contributed by atoms with Crippen LogP contribution in [0.2, 0.25) is 0 Å². The lowest BCUT2D eigenvalue weighted by atomic mass is 10.2. The molecule has 2 N–H and O–H groups in total. The third-order valence-corrected chi connectivity index (χ3v) is 3.46. The van der Waals surface area contributed by atoms with Gasteiger partial charge in [-0.15, -0.1) is 0 Å². The Hall–Kier alpha value is -3.50. The Bertz CT molecular complexity index is 886. The lowest BCUT2D eigenvalue weighted by Crippen LogP contribution is -2.41. The van der Waals surface area contributed by atoms with Gasteiger partial charge in [-0.05, 0) is 38.1 Å². The van der Waals surface area contributed by atoms with Crippen LogP contribution < -0.4 is 25.1 Å². The molecule has 2 rings (SSSR count). The molecule has 0 aliphatic rings. The summed E-state index contributed by atoms with van der Waals surface area (Å²) in [6.07, 6.45) is -3.56. The molecule has 0 bridgehead atoms. The smallest absolute Gasteiger partial charge is 0.422 e. The van der Waals surface area contributed by atoms with E-state index in [1.54, 1.807) is 6.07 Å². The molecule has 0 saturated carbocycles. The molecule has 11 heteroatoms. The van der Waals surface area contributed by atoms with Crippen molar-refractivity contribution in [1.82, 2.24) is 15.8 Å². The van der Waals surface area contributed by atoms with E-state index in [-0.39, 0.29) is 23.1 Å². The van der Waals surface area contributed by atoms with Crippen molar-refractivity contribution in [2.75, 3.05) is 13.7 Å². The van der Waals surface area contributed by atoms with Crippen LogP contribution in [0.3, 0.4) is 0 Å². The summed E-state index contributed by atoms with van der Waals surface area (Å²) in [6.45, 7) is 2.20. The van der Waals surface area contributed by atoms with Gasteiger partial charge in [0.05, 0.1) is 18.8 Å². The first kappa shape index (κ1) is 22.8. The molecule has 1 aromatic carbocycles. The Labute approximate surface area is 170 Å². The Balaban J connectivity index is 1.95. The fraction of sp³-hybridized carbons (Fsp3) is 0.316. The number of methoxy groups -OCH3 is 1. The van der Waals surface area contributed by atoms with Gasteiger partial charge >= 0.3 is 6.18 Å². The number of nitrogens with one attached hydrogen (secondary N) is 2. The molecule has 0 saturated heterocycles. The number of amides is 2. The minimum Gasteiger partial charge on any atom is -0.493 e. The van der Waals surface area contributed by atoms with Gasteiger partial charge in [0.15, 0.2) is 18.1 Å². The molecule has 0 aliphatic heterocycles. The van der Waals surface area contributed by atoms with Gasteiger partial charge < -0.3 is 14.2 Å². The van der Waals surface area contributed by atoms with Gasteiger partial charge in [-0.25, -0.2) is 4.98 Å². The number of carbonyl (C=O) groups excluding carboxylic acids is 2. The highest BCUT2D eigenvalue weighted by Crippen LogP contribution is 2.28. The number of rotatable bonds is 7. The Morgan fingerprint density at radius 1 is 1.03 bits per heavy atom. The van der Waals surface area contributed by atoms with Crippen LogP contribution in [0.15, 0.2) is 36.5 Å². The minimum absolute atomic E-state index is 0.00733.